The molecule has 0 amide bonds. The summed E-state index contributed by atoms with van der Waals surface area (Å²) in [6, 6.07) is 2.38. The van der Waals surface area contributed by atoms with Crippen LogP contribution in [0, 0.1) is 5.82 Å². The number of hydrogen-bond acceptors (Lipinski definition) is 3. The van der Waals surface area contributed by atoms with Gasteiger partial charge in [0.2, 0.25) is 0 Å². The van der Waals surface area contributed by atoms with Crippen LogP contribution >= 0.6 is 0 Å². The Hall–Kier alpha value is -1.62. The number of carboxylic acids is 1. The van der Waals surface area contributed by atoms with Gasteiger partial charge in [0.15, 0.2) is 0 Å². The number of nitrogens with two attached hydrogens (primary N) is 1. The molecule has 16 heavy (non-hydrogen) atoms. The van der Waals surface area contributed by atoms with E-state index in [1.165, 1.54) is 12.1 Å². The highest BCUT2D eigenvalue weighted by Crippen LogP contribution is 2.26. The summed E-state index contributed by atoms with van der Waals surface area (Å²) >= 11 is 0. The van der Waals surface area contributed by atoms with E-state index in [0.29, 0.717) is 5.75 Å². The fourth-order valence-corrected chi connectivity index (χ4v) is 1.26. The van der Waals surface area contributed by atoms with Crippen LogP contribution in [0.2, 0.25) is 0 Å². The lowest BCUT2D eigenvalue weighted by atomic mass is 10.1. The summed E-state index contributed by atoms with van der Waals surface area (Å²) in [5, 5.41) is 8.78. The molecular formula is C11H14FNO3. The van der Waals surface area contributed by atoms with Crippen molar-refractivity contribution in [1.29, 1.82) is 0 Å². The Morgan fingerprint density at radius 1 is 1.50 bits per heavy atom. The average Bonchev–Trinajstić information content (AvgIpc) is 2.18. The topological polar surface area (TPSA) is 72.5 Å². The third kappa shape index (κ3) is 2.93. The summed E-state index contributed by atoms with van der Waals surface area (Å²) in [6.07, 6.45) is -0.134. The molecule has 1 aromatic rings. The Labute approximate surface area is 92.8 Å². The standard InChI is InChI=1S/C11H14FNO3/c1-6(2)16-9-4-3-7(12)5-8(9)10(13)11(14)15/h3-6,10H,13H2,1-2H3,(H,14,15). The van der Waals surface area contributed by atoms with E-state index in [1.807, 2.05) is 0 Å². The first kappa shape index (κ1) is 12.4. The van der Waals surface area contributed by atoms with Crippen LogP contribution in [-0.2, 0) is 4.79 Å². The molecule has 4 nitrogen and oxygen atoms in total. The molecule has 3 N–H and O–H groups in total. The number of carbonyl (C=O) groups is 1. The van der Waals surface area contributed by atoms with Crippen LogP contribution in [-0.4, -0.2) is 17.2 Å². The van der Waals surface area contributed by atoms with Gasteiger partial charge in [0.1, 0.15) is 17.6 Å². The van der Waals surface area contributed by atoms with Gasteiger partial charge in [-0.05, 0) is 32.0 Å². The lowest BCUT2D eigenvalue weighted by molar-refractivity contribution is -0.138. The molecule has 0 aliphatic rings. The molecule has 0 radical (unpaired) electrons. The first-order valence-electron chi connectivity index (χ1n) is 4.86. The van der Waals surface area contributed by atoms with Crippen molar-refractivity contribution >= 4 is 5.97 Å². The molecule has 0 bridgehead atoms. The van der Waals surface area contributed by atoms with Crippen LogP contribution in [0.5, 0.6) is 5.75 Å². The Balaban J connectivity index is 3.12. The van der Waals surface area contributed by atoms with E-state index in [9.17, 15) is 9.18 Å². The molecule has 0 saturated heterocycles. The van der Waals surface area contributed by atoms with E-state index < -0.39 is 17.8 Å². The van der Waals surface area contributed by atoms with Crippen molar-refractivity contribution in [2.75, 3.05) is 0 Å². The lowest BCUT2D eigenvalue weighted by Crippen LogP contribution is -2.22. The number of halogens is 1. The van der Waals surface area contributed by atoms with E-state index in [0.717, 1.165) is 6.07 Å². The maximum absolute atomic E-state index is 13.0. The molecule has 1 unspecified atom stereocenters. The number of ether oxygens (including phenoxy) is 1. The maximum Gasteiger partial charge on any atom is 0.325 e. The molecule has 0 aromatic heterocycles. The molecule has 0 spiro atoms. The number of rotatable bonds is 4. The Morgan fingerprint density at radius 2 is 2.12 bits per heavy atom. The Kier molecular flexibility index (Phi) is 3.84. The van der Waals surface area contributed by atoms with Crippen molar-refractivity contribution in [2.24, 2.45) is 5.73 Å². The molecule has 1 rings (SSSR count). The second-order valence-corrected chi connectivity index (χ2v) is 3.66. The van der Waals surface area contributed by atoms with Gasteiger partial charge in [0, 0.05) is 5.56 Å². The van der Waals surface area contributed by atoms with Crippen molar-refractivity contribution in [2.45, 2.75) is 26.0 Å². The summed E-state index contributed by atoms with van der Waals surface area (Å²) in [5.41, 5.74) is 5.58. The molecule has 0 heterocycles. The zero-order valence-electron chi connectivity index (χ0n) is 9.11. The minimum Gasteiger partial charge on any atom is -0.491 e. The monoisotopic (exact) mass is 227 g/mol. The average molecular weight is 227 g/mol. The van der Waals surface area contributed by atoms with Crippen molar-refractivity contribution in [3.05, 3.63) is 29.6 Å². The number of aliphatic carboxylic acids is 1. The summed E-state index contributed by atoms with van der Waals surface area (Å²) in [4.78, 5) is 10.7. The van der Waals surface area contributed by atoms with Gasteiger partial charge in [-0.3, -0.25) is 4.79 Å². The third-order valence-electron chi connectivity index (χ3n) is 1.94. The predicted molar refractivity (Wildman–Crippen MR) is 56.7 cm³/mol. The van der Waals surface area contributed by atoms with Gasteiger partial charge in [-0.2, -0.15) is 0 Å². The largest absolute Gasteiger partial charge is 0.491 e. The lowest BCUT2D eigenvalue weighted by Gasteiger charge is -2.16. The molecule has 1 atom stereocenters. The fraction of sp³-hybridized carbons (Fsp3) is 0.364. The molecule has 0 saturated carbocycles. The quantitative estimate of drug-likeness (QED) is 0.821. The first-order valence-corrected chi connectivity index (χ1v) is 4.86. The molecule has 1 aromatic carbocycles. The van der Waals surface area contributed by atoms with Gasteiger partial charge >= 0.3 is 5.97 Å². The Bertz CT molecular complexity index is 393. The van der Waals surface area contributed by atoms with Crippen LogP contribution in [0.3, 0.4) is 0 Å². The van der Waals surface area contributed by atoms with Gasteiger partial charge < -0.3 is 15.6 Å². The second kappa shape index (κ2) is 4.94. The smallest absolute Gasteiger partial charge is 0.325 e. The summed E-state index contributed by atoms with van der Waals surface area (Å²) < 4.78 is 18.4. The second-order valence-electron chi connectivity index (χ2n) is 3.66. The van der Waals surface area contributed by atoms with Gasteiger partial charge in [0.05, 0.1) is 6.10 Å². The van der Waals surface area contributed by atoms with Crippen LogP contribution in [0.4, 0.5) is 4.39 Å². The first-order chi connectivity index (χ1) is 7.41. The fourth-order valence-electron chi connectivity index (χ4n) is 1.26. The van der Waals surface area contributed by atoms with E-state index in [-0.39, 0.29) is 11.7 Å². The van der Waals surface area contributed by atoms with Gasteiger partial charge in [-0.25, -0.2) is 4.39 Å². The maximum atomic E-state index is 13.0. The van der Waals surface area contributed by atoms with E-state index in [2.05, 4.69) is 0 Å². The highest BCUT2D eigenvalue weighted by molar-refractivity contribution is 5.76. The zero-order chi connectivity index (χ0) is 12.3. The van der Waals surface area contributed by atoms with Gasteiger partial charge in [-0.15, -0.1) is 0 Å². The van der Waals surface area contributed by atoms with Crippen molar-refractivity contribution < 1.29 is 19.0 Å². The highest BCUT2D eigenvalue weighted by atomic mass is 19.1. The highest BCUT2D eigenvalue weighted by Gasteiger charge is 2.20. The van der Waals surface area contributed by atoms with Crippen molar-refractivity contribution in [3.8, 4) is 5.75 Å². The van der Waals surface area contributed by atoms with E-state index in [1.54, 1.807) is 13.8 Å². The Morgan fingerprint density at radius 3 is 2.62 bits per heavy atom. The number of carboxylic acid groups (broad SMARTS) is 1. The number of benzene rings is 1. The SMILES string of the molecule is CC(C)Oc1ccc(F)cc1C(N)C(=O)O. The van der Waals surface area contributed by atoms with E-state index in [4.69, 9.17) is 15.6 Å². The summed E-state index contributed by atoms with van der Waals surface area (Å²) in [7, 11) is 0. The summed E-state index contributed by atoms with van der Waals surface area (Å²) in [5.74, 6) is -1.46. The zero-order valence-corrected chi connectivity index (χ0v) is 9.11. The number of hydrogen-bond donors (Lipinski definition) is 2. The van der Waals surface area contributed by atoms with Crippen LogP contribution in [0.15, 0.2) is 18.2 Å². The molecule has 5 heteroatoms. The molecule has 0 fully saturated rings. The van der Waals surface area contributed by atoms with E-state index >= 15 is 0 Å². The third-order valence-corrected chi connectivity index (χ3v) is 1.94. The molecule has 88 valence electrons. The van der Waals surface area contributed by atoms with Crippen molar-refractivity contribution in [1.82, 2.24) is 0 Å². The normalized spacial score (nSPS) is 12.6. The van der Waals surface area contributed by atoms with Gasteiger partial charge in [0.25, 0.3) is 0 Å². The van der Waals surface area contributed by atoms with Crippen LogP contribution in [0.1, 0.15) is 25.5 Å². The minimum absolute atomic E-state index is 0.134. The molecule has 0 aliphatic carbocycles. The van der Waals surface area contributed by atoms with Gasteiger partial charge in [-0.1, -0.05) is 0 Å². The van der Waals surface area contributed by atoms with Crippen molar-refractivity contribution in [3.63, 3.8) is 0 Å². The predicted octanol–water partition coefficient (Wildman–Crippen LogP) is 1.70. The summed E-state index contributed by atoms with van der Waals surface area (Å²) in [6.45, 7) is 3.58. The van der Waals surface area contributed by atoms with Crippen LogP contribution < -0.4 is 10.5 Å². The molecule has 0 aliphatic heterocycles. The minimum atomic E-state index is -1.29. The molecular weight excluding hydrogens is 213 g/mol. The van der Waals surface area contributed by atoms with Crippen LogP contribution in [0.25, 0.3) is 0 Å².